The number of carbonyl (C=O) groups excluding carboxylic acids is 1. The molecule has 0 saturated carbocycles. The lowest BCUT2D eigenvalue weighted by Crippen LogP contribution is -2.35. The van der Waals surface area contributed by atoms with E-state index in [1.807, 2.05) is 0 Å². The number of aromatic amines is 1. The van der Waals surface area contributed by atoms with Crippen molar-refractivity contribution in [3.8, 4) is 0 Å². The van der Waals surface area contributed by atoms with Crippen LogP contribution in [-0.4, -0.2) is 27.6 Å². The molecule has 1 rings (SSSR count). The molecule has 0 radical (unpaired) electrons. The van der Waals surface area contributed by atoms with E-state index >= 15 is 0 Å². The third kappa shape index (κ3) is 1.84. The largest absolute Gasteiger partial charge is 0.432 e. The Kier molecular flexibility index (Phi) is 2.46. The highest BCUT2D eigenvalue weighted by Gasteiger charge is 2.03. The van der Waals surface area contributed by atoms with Crippen molar-refractivity contribution in [2.24, 2.45) is 0 Å². The molecule has 0 spiro atoms. The summed E-state index contributed by atoms with van der Waals surface area (Å²) in [7, 11) is 0. The maximum atomic E-state index is 10.7. The Balaban J connectivity index is 2.58. The monoisotopic (exact) mass is 172 g/mol. The molecule has 2 N–H and O–H groups in total. The second-order valence-electron chi connectivity index (χ2n) is 1.90. The first kappa shape index (κ1) is 8.31. The number of nitrogens with one attached hydrogen (secondary N) is 2. The molecule has 0 atom stereocenters. The van der Waals surface area contributed by atoms with Gasteiger partial charge < -0.3 is 10.2 Å². The second kappa shape index (κ2) is 3.56. The van der Waals surface area contributed by atoms with Crippen molar-refractivity contribution in [1.29, 1.82) is 0 Å². The fourth-order valence-electron chi connectivity index (χ4n) is 0.569. The Morgan fingerprint density at radius 2 is 2.67 bits per heavy atom. The van der Waals surface area contributed by atoms with Gasteiger partial charge in [-0.05, 0) is 6.92 Å². The molecular weight excluding hydrogens is 164 g/mol. The van der Waals surface area contributed by atoms with Crippen LogP contribution in [0, 0.1) is 0 Å². The number of amides is 1. The first-order chi connectivity index (χ1) is 5.74. The molecule has 1 aromatic rings. The van der Waals surface area contributed by atoms with Crippen LogP contribution in [0.3, 0.4) is 0 Å². The van der Waals surface area contributed by atoms with Gasteiger partial charge in [-0.25, -0.2) is 14.7 Å². The standard InChI is InChI=1S/C5H8N4O3/c1-2-6-5(11)12-9-3-7-8-4(9)10/h3H,2H2,1H3,(H,6,11)(H,8,10). The van der Waals surface area contributed by atoms with Gasteiger partial charge in [-0.2, -0.15) is 5.10 Å². The average Bonchev–Trinajstić information content (AvgIpc) is 2.37. The van der Waals surface area contributed by atoms with Gasteiger partial charge in [-0.15, -0.1) is 4.73 Å². The third-order valence-corrected chi connectivity index (χ3v) is 1.03. The highest BCUT2D eigenvalue weighted by molar-refractivity contribution is 5.67. The molecule has 0 aliphatic heterocycles. The van der Waals surface area contributed by atoms with E-state index in [-0.39, 0.29) is 0 Å². The Morgan fingerprint density at radius 1 is 1.92 bits per heavy atom. The van der Waals surface area contributed by atoms with Crippen molar-refractivity contribution in [2.45, 2.75) is 6.92 Å². The Morgan fingerprint density at radius 3 is 3.17 bits per heavy atom. The molecule has 1 heterocycles. The number of H-pyrrole nitrogens is 1. The quantitative estimate of drug-likeness (QED) is 0.582. The Hall–Kier alpha value is -1.79. The van der Waals surface area contributed by atoms with Crippen LogP contribution in [0.25, 0.3) is 0 Å². The van der Waals surface area contributed by atoms with E-state index in [0.717, 1.165) is 6.33 Å². The summed E-state index contributed by atoms with van der Waals surface area (Å²) in [6, 6.07) is 0. The Bertz CT molecular complexity index is 314. The fraction of sp³-hybridized carbons (Fsp3) is 0.400. The minimum Gasteiger partial charge on any atom is -0.320 e. The van der Waals surface area contributed by atoms with E-state index in [4.69, 9.17) is 0 Å². The topological polar surface area (TPSA) is 89.0 Å². The molecule has 0 fully saturated rings. The molecule has 7 nitrogen and oxygen atoms in total. The second-order valence-corrected chi connectivity index (χ2v) is 1.90. The lowest BCUT2D eigenvalue weighted by molar-refractivity contribution is 0.129. The predicted molar refractivity (Wildman–Crippen MR) is 38.5 cm³/mol. The summed E-state index contributed by atoms with van der Waals surface area (Å²) < 4.78 is 0.699. The molecule has 0 bridgehead atoms. The van der Waals surface area contributed by atoms with Crippen LogP contribution < -0.4 is 15.8 Å². The van der Waals surface area contributed by atoms with E-state index in [9.17, 15) is 9.59 Å². The van der Waals surface area contributed by atoms with Crippen molar-refractivity contribution in [1.82, 2.24) is 20.2 Å². The first-order valence-electron chi connectivity index (χ1n) is 3.32. The van der Waals surface area contributed by atoms with E-state index in [2.05, 4.69) is 20.4 Å². The van der Waals surface area contributed by atoms with Gasteiger partial charge in [0.2, 0.25) is 0 Å². The smallest absolute Gasteiger partial charge is 0.320 e. The van der Waals surface area contributed by atoms with Gasteiger partial charge in [0.05, 0.1) is 0 Å². The van der Waals surface area contributed by atoms with E-state index in [0.29, 0.717) is 11.3 Å². The van der Waals surface area contributed by atoms with Crippen LogP contribution in [0.2, 0.25) is 0 Å². The molecule has 12 heavy (non-hydrogen) atoms. The van der Waals surface area contributed by atoms with Crippen LogP contribution in [0.1, 0.15) is 6.92 Å². The van der Waals surface area contributed by atoms with Crippen LogP contribution >= 0.6 is 0 Å². The van der Waals surface area contributed by atoms with E-state index < -0.39 is 11.8 Å². The first-order valence-corrected chi connectivity index (χ1v) is 3.32. The zero-order chi connectivity index (χ0) is 8.97. The highest BCUT2D eigenvalue weighted by atomic mass is 16.7. The number of nitrogens with zero attached hydrogens (tertiary/aromatic N) is 2. The summed E-state index contributed by atoms with van der Waals surface area (Å²) in [6.45, 7) is 2.17. The van der Waals surface area contributed by atoms with Crippen LogP contribution in [0.5, 0.6) is 0 Å². The molecule has 1 aromatic heterocycles. The summed E-state index contributed by atoms with van der Waals surface area (Å²) in [5.41, 5.74) is -0.596. The van der Waals surface area contributed by atoms with E-state index in [1.54, 1.807) is 6.92 Å². The lowest BCUT2D eigenvalue weighted by Gasteiger charge is -2.00. The molecule has 1 amide bonds. The molecular formula is C5H8N4O3. The van der Waals surface area contributed by atoms with Gasteiger partial charge >= 0.3 is 11.8 Å². The average molecular weight is 172 g/mol. The highest BCUT2D eigenvalue weighted by Crippen LogP contribution is 1.70. The molecule has 0 aromatic carbocycles. The van der Waals surface area contributed by atoms with Gasteiger partial charge in [-0.3, -0.25) is 0 Å². The molecule has 0 saturated heterocycles. The van der Waals surface area contributed by atoms with Gasteiger partial charge in [0.15, 0.2) is 6.33 Å². The number of carbonyl (C=O) groups is 1. The fourth-order valence-corrected chi connectivity index (χ4v) is 0.569. The molecule has 0 aliphatic rings. The van der Waals surface area contributed by atoms with Crippen molar-refractivity contribution < 1.29 is 9.63 Å². The minimum atomic E-state index is -0.694. The van der Waals surface area contributed by atoms with Gasteiger partial charge in [0.1, 0.15) is 0 Å². The Labute approximate surface area is 67.3 Å². The maximum absolute atomic E-state index is 10.7. The van der Waals surface area contributed by atoms with Gasteiger partial charge in [0, 0.05) is 6.54 Å². The van der Waals surface area contributed by atoms with Crippen molar-refractivity contribution >= 4 is 6.09 Å². The van der Waals surface area contributed by atoms with Crippen molar-refractivity contribution in [2.75, 3.05) is 6.54 Å². The molecule has 0 aliphatic carbocycles. The van der Waals surface area contributed by atoms with Crippen molar-refractivity contribution in [3.63, 3.8) is 0 Å². The summed E-state index contributed by atoms with van der Waals surface area (Å²) in [4.78, 5) is 25.9. The lowest BCUT2D eigenvalue weighted by atomic mass is 10.8. The number of hydrogen-bond donors (Lipinski definition) is 2. The van der Waals surface area contributed by atoms with Crippen molar-refractivity contribution in [3.05, 3.63) is 16.8 Å². The maximum Gasteiger partial charge on any atom is 0.432 e. The molecule has 66 valence electrons. The normalized spacial score (nSPS) is 9.42. The SMILES string of the molecule is CCNC(=O)On1cn[nH]c1=O. The summed E-state index contributed by atoms with van der Waals surface area (Å²) >= 11 is 0. The molecule has 7 heteroatoms. The van der Waals surface area contributed by atoms with Gasteiger partial charge in [0.25, 0.3) is 0 Å². The van der Waals surface area contributed by atoms with Gasteiger partial charge in [-0.1, -0.05) is 0 Å². The zero-order valence-electron chi connectivity index (χ0n) is 6.40. The number of aromatic nitrogens is 3. The van der Waals surface area contributed by atoms with Crippen LogP contribution in [0.15, 0.2) is 11.1 Å². The summed E-state index contributed by atoms with van der Waals surface area (Å²) in [5.74, 6) is 0. The minimum absolute atomic E-state index is 0.436. The van der Waals surface area contributed by atoms with Crippen LogP contribution in [0.4, 0.5) is 4.79 Å². The summed E-state index contributed by atoms with van der Waals surface area (Å²) in [6.07, 6.45) is 0.374. The van der Waals surface area contributed by atoms with E-state index in [1.165, 1.54) is 0 Å². The predicted octanol–water partition coefficient (Wildman–Crippen LogP) is -1.27. The van der Waals surface area contributed by atoms with Crippen LogP contribution in [-0.2, 0) is 0 Å². The number of rotatable bonds is 2. The molecule has 0 unspecified atom stereocenters. The number of hydrogen-bond acceptors (Lipinski definition) is 4. The summed E-state index contributed by atoms with van der Waals surface area (Å²) in [5, 5.41) is 7.77. The third-order valence-electron chi connectivity index (χ3n) is 1.03. The zero-order valence-corrected chi connectivity index (χ0v) is 6.40.